The van der Waals surface area contributed by atoms with Gasteiger partial charge in [-0.05, 0) is 12.8 Å². The van der Waals surface area contributed by atoms with E-state index >= 15 is 0 Å². The fourth-order valence-corrected chi connectivity index (χ4v) is 2.84. The van der Waals surface area contributed by atoms with Crippen molar-refractivity contribution in [1.82, 2.24) is 4.98 Å². The van der Waals surface area contributed by atoms with Crippen LogP contribution >= 0.6 is 11.3 Å². The van der Waals surface area contributed by atoms with Crippen molar-refractivity contribution in [3.05, 3.63) is 35.2 Å². The highest BCUT2D eigenvalue weighted by Crippen LogP contribution is 2.34. The average molecular weight is 286 g/mol. The number of nitrogens with one attached hydrogen (secondary N) is 1. The smallest absolute Gasteiger partial charge is 0.229 e. The van der Waals surface area contributed by atoms with Gasteiger partial charge in [-0.1, -0.05) is 41.7 Å². The summed E-state index contributed by atoms with van der Waals surface area (Å²) in [6.45, 7) is 1.52. The maximum Gasteiger partial charge on any atom is 0.229 e. The second kappa shape index (κ2) is 5.17. The number of anilines is 1. The normalized spacial score (nSPS) is 14.1. The number of rotatable bonds is 4. The van der Waals surface area contributed by atoms with Gasteiger partial charge < -0.3 is 5.32 Å². The monoisotopic (exact) mass is 286 g/mol. The molecular formula is C15H14N2O2S. The predicted molar refractivity (Wildman–Crippen MR) is 78.9 cm³/mol. The molecule has 5 heteroatoms. The molecule has 1 aliphatic rings. The Morgan fingerprint density at radius 1 is 1.25 bits per heavy atom. The van der Waals surface area contributed by atoms with E-state index in [1.807, 2.05) is 30.3 Å². The van der Waals surface area contributed by atoms with Crippen LogP contribution in [-0.2, 0) is 4.79 Å². The lowest BCUT2D eigenvalue weighted by molar-refractivity contribution is -0.117. The number of thiazole rings is 1. The van der Waals surface area contributed by atoms with Crippen molar-refractivity contribution < 1.29 is 9.59 Å². The number of Topliss-reactive ketones (excluding diaryl/α,β-unsaturated/α-hetero) is 1. The Balaban J connectivity index is 1.94. The van der Waals surface area contributed by atoms with E-state index in [0.717, 1.165) is 18.4 Å². The minimum Gasteiger partial charge on any atom is -0.302 e. The molecule has 2 aromatic rings. The van der Waals surface area contributed by atoms with Crippen LogP contribution in [0, 0.1) is 5.92 Å². The molecule has 1 aliphatic carbocycles. The van der Waals surface area contributed by atoms with E-state index in [4.69, 9.17) is 0 Å². The molecule has 1 N–H and O–H groups in total. The van der Waals surface area contributed by atoms with Crippen molar-refractivity contribution in [2.24, 2.45) is 5.92 Å². The lowest BCUT2D eigenvalue weighted by atomic mass is 10.1. The Hall–Kier alpha value is -2.01. The van der Waals surface area contributed by atoms with Gasteiger partial charge in [-0.3, -0.25) is 9.59 Å². The molecule has 20 heavy (non-hydrogen) atoms. The SMILES string of the molecule is CC(=O)c1sc(NC(=O)C2CC2)nc1-c1ccccc1. The lowest BCUT2D eigenvalue weighted by Gasteiger charge is -1.98. The van der Waals surface area contributed by atoms with Gasteiger partial charge in [0.2, 0.25) is 5.91 Å². The van der Waals surface area contributed by atoms with E-state index in [9.17, 15) is 9.59 Å². The standard InChI is InChI=1S/C15H14N2O2S/c1-9(18)13-12(10-5-3-2-4-6-10)16-15(20-13)17-14(19)11-7-8-11/h2-6,11H,7-8H2,1H3,(H,16,17,19). The van der Waals surface area contributed by atoms with E-state index in [0.29, 0.717) is 15.7 Å². The first kappa shape index (κ1) is 13.0. The van der Waals surface area contributed by atoms with E-state index in [1.54, 1.807) is 0 Å². The third kappa shape index (κ3) is 2.63. The van der Waals surface area contributed by atoms with Crippen LogP contribution in [0.2, 0.25) is 0 Å². The molecule has 0 spiro atoms. The number of nitrogens with zero attached hydrogens (tertiary/aromatic N) is 1. The fraction of sp³-hybridized carbons (Fsp3) is 0.267. The molecule has 0 atom stereocenters. The van der Waals surface area contributed by atoms with Crippen molar-refractivity contribution in [3.63, 3.8) is 0 Å². The molecule has 0 aliphatic heterocycles. The summed E-state index contributed by atoms with van der Waals surface area (Å²) in [5.74, 6) is 0.0987. The van der Waals surface area contributed by atoms with Crippen LogP contribution in [0.5, 0.6) is 0 Å². The quantitative estimate of drug-likeness (QED) is 0.877. The zero-order valence-electron chi connectivity index (χ0n) is 11.1. The molecule has 3 rings (SSSR count). The highest BCUT2D eigenvalue weighted by atomic mass is 32.1. The number of benzene rings is 1. The largest absolute Gasteiger partial charge is 0.302 e. The van der Waals surface area contributed by atoms with Crippen LogP contribution in [0.3, 0.4) is 0 Å². The molecule has 0 saturated heterocycles. The van der Waals surface area contributed by atoms with Gasteiger partial charge in [-0.15, -0.1) is 0 Å². The summed E-state index contributed by atoms with van der Waals surface area (Å²) in [4.78, 5) is 28.5. The molecule has 1 saturated carbocycles. The summed E-state index contributed by atoms with van der Waals surface area (Å²) in [7, 11) is 0. The maximum absolute atomic E-state index is 11.8. The van der Waals surface area contributed by atoms with Crippen molar-refractivity contribution in [1.29, 1.82) is 0 Å². The maximum atomic E-state index is 11.8. The summed E-state index contributed by atoms with van der Waals surface area (Å²) in [6, 6.07) is 9.54. The summed E-state index contributed by atoms with van der Waals surface area (Å²) in [5, 5.41) is 3.31. The average Bonchev–Trinajstić information content (AvgIpc) is 3.21. The summed E-state index contributed by atoms with van der Waals surface area (Å²) < 4.78 is 0. The highest BCUT2D eigenvalue weighted by Gasteiger charge is 2.30. The first-order valence-electron chi connectivity index (χ1n) is 6.53. The number of amides is 1. The van der Waals surface area contributed by atoms with Crippen LogP contribution in [0.1, 0.15) is 29.4 Å². The molecule has 4 nitrogen and oxygen atoms in total. The van der Waals surface area contributed by atoms with Gasteiger partial charge in [0.15, 0.2) is 10.9 Å². The van der Waals surface area contributed by atoms with Gasteiger partial charge in [-0.2, -0.15) is 0 Å². The molecule has 1 aromatic carbocycles. The molecule has 1 heterocycles. The predicted octanol–water partition coefficient (Wildman–Crippen LogP) is 3.36. The topological polar surface area (TPSA) is 59.1 Å². The minimum atomic E-state index is -0.0340. The molecule has 1 aromatic heterocycles. The molecule has 0 radical (unpaired) electrons. The second-order valence-corrected chi connectivity index (χ2v) is 5.88. The zero-order chi connectivity index (χ0) is 14.1. The minimum absolute atomic E-state index is 0.00784. The van der Waals surface area contributed by atoms with Gasteiger partial charge in [0.05, 0.1) is 10.6 Å². The first-order chi connectivity index (χ1) is 9.65. The number of hydrogen-bond donors (Lipinski definition) is 1. The summed E-state index contributed by atoms with van der Waals surface area (Å²) in [6.07, 6.45) is 1.89. The molecular weight excluding hydrogens is 272 g/mol. The zero-order valence-corrected chi connectivity index (χ0v) is 11.9. The Morgan fingerprint density at radius 2 is 1.95 bits per heavy atom. The third-order valence-corrected chi connectivity index (χ3v) is 4.24. The van der Waals surface area contributed by atoms with Crippen molar-refractivity contribution in [2.75, 3.05) is 5.32 Å². The summed E-state index contributed by atoms with van der Waals surface area (Å²) >= 11 is 1.24. The molecule has 1 amide bonds. The highest BCUT2D eigenvalue weighted by molar-refractivity contribution is 7.18. The van der Waals surface area contributed by atoms with Crippen molar-refractivity contribution in [2.45, 2.75) is 19.8 Å². The van der Waals surface area contributed by atoms with E-state index in [-0.39, 0.29) is 17.6 Å². The summed E-state index contributed by atoms with van der Waals surface area (Å²) in [5.41, 5.74) is 1.54. The van der Waals surface area contributed by atoms with E-state index < -0.39 is 0 Å². The Morgan fingerprint density at radius 3 is 2.55 bits per heavy atom. The number of aromatic nitrogens is 1. The molecule has 0 bridgehead atoms. The fourth-order valence-electron chi connectivity index (χ4n) is 1.96. The Labute approximate surface area is 120 Å². The Bertz CT molecular complexity index is 660. The van der Waals surface area contributed by atoms with Crippen molar-refractivity contribution >= 4 is 28.2 Å². The van der Waals surface area contributed by atoms with Gasteiger partial charge in [-0.25, -0.2) is 4.98 Å². The van der Waals surface area contributed by atoms with E-state index in [1.165, 1.54) is 18.3 Å². The van der Waals surface area contributed by atoms with Gasteiger partial charge in [0, 0.05) is 18.4 Å². The van der Waals surface area contributed by atoms with Crippen LogP contribution in [0.15, 0.2) is 30.3 Å². The first-order valence-corrected chi connectivity index (χ1v) is 7.35. The van der Waals surface area contributed by atoms with Crippen LogP contribution < -0.4 is 5.32 Å². The van der Waals surface area contributed by atoms with Gasteiger partial charge in [0.1, 0.15) is 0 Å². The van der Waals surface area contributed by atoms with Crippen LogP contribution in [0.4, 0.5) is 5.13 Å². The van der Waals surface area contributed by atoms with Gasteiger partial charge in [0.25, 0.3) is 0 Å². The van der Waals surface area contributed by atoms with Crippen molar-refractivity contribution in [3.8, 4) is 11.3 Å². The Kier molecular flexibility index (Phi) is 3.36. The number of carbonyl (C=O) groups excluding carboxylic acids is 2. The molecule has 1 fully saturated rings. The van der Waals surface area contributed by atoms with Crippen LogP contribution in [0.25, 0.3) is 11.3 Å². The number of ketones is 1. The second-order valence-electron chi connectivity index (χ2n) is 4.88. The molecule has 0 unspecified atom stereocenters. The number of hydrogen-bond acceptors (Lipinski definition) is 4. The van der Waals surface area contributed by atoms with Gasteiger partial charge >= 0.3 is 0 Å². The molecule has 102 valence electrons. The third-order valence-electron chi connectivity index (χ3n) is 3.17. The lowest BCUT2D eigenvalue weighted by Crippen LogP contribution is -2.12. The van der Waals surface area contributed by atoms with Crippen LogP contribution in [-0.4, -0.2) is 16.7 Å². The van der Waals surface area contributed by atoms with E-state index in [2.05, 4.69) is 10.3 Å². The number of carbonyl (C=O) groups is 2.